The lowest BCUT2D eigenvalue weighted by atomic mass is 10.2. The Balaban J connectivity index is 2.31. The van der Waals surface area contributed by atoms with Crippen LogP contribution in [0.5, 0.6) is 23.5 Å². The summed E-state index contributed by atoms with van der Waals surface area (Å²) in [7, 11) is 1.47. The molecule has 0 saturated heterocycles. The minimum atomic E-state index is -0.0195. The summed E-state index contributed by atoms with van der Waals surface area (Å²) >= 11 is 0. The predicted octanol–water partition coefficient (Wildman–Crippen LogP) is 1.53. The third-order valence-corrected chi connectivity index (χ3v) is 2.38. The van der Waals surface area contributed by atoms with E-state index < -0.39 is 0 Å². The van der Waals surface area contributed by atoms with Crippen LogP contribution in [-0.2, 0) is 0 Å². The number of hydrogen-bond donors (Lipinski definition) is 1. The van der Waals surface area contributed by atoms with Crippen LogP contribution >= 0.6 is 0 Å². The van der Waals surface area contributed by atoms with Crippen molar-refractivity contribution < 1.29 is 14.2 Å². The maximum Gasteiger partial charge on any atom is 0.330 e. The molecule has 0 aliphatic heterocycles. The summed E-state index contributed by atoms with van der Waals surface area (Å²) in [6, 6.07) is 6.78. The molecule has 0 unspecified atom stereocenters. The average molecular weight is 287 g/mol. The highest BCUT2D eigenvalue weighted by atomic mass is 16.5. The summed E-state index contributed by atoms with van der Waals surface area (Å²) < 4.78 is 15.8. The van der Waals surface area contributed by atoms with Gasteiger partial charge < -0.3 is 19.9 Å². The molecule has 0 atom stereocenters. The van der Waals surface area contributed by atoms with Gasteiger partial charge in [0.2, 0.25) is 5.95 Å². The summed E-state index contributed by atoms with van der Waals surface area (Å²) in [4.78, 5) is 11.6. The van der Waals surface area contributed by atoms with E-state index in [4.69, 9.17) is 25.2 Å². The van der Waals surface area contributed by atoms with Crippen molar-refractivity contribution in [3.05, 3.63) is 23.8 Å². The van der Waals surface area contributed by atoms with E-state index in [2.05, 4.69) is 15.0 Å². The summed E-state index contributed by atoms with van der Waals surface area (Å²) in [5, 5.41) is 8.86. The number of benzene rings is 1. The van der Waals surface area contributed by atoms with Gasteiger partial charge in [-0.2, -0.15) is 15.2 Å². The molecule has 2 rings (SSSR count). The smallest absolute Gasteiger partial charge is 0.330 e. The minimum absolute atomic E-state index is 0.0175. The summed E-state index contributed by atoms with van der Waals surface area (Å²) in [6.45, 7) is 2.19. The van der Waals surface area contributed by atoms with Crippen molar-refractivity contribution in [3.63, 3.8) is 0 Å². The van der Waals surface area contributed by atoms with Crippen molar-refractivity contribution in [2.75, 3.05) is 19.5 Å². The van der Waals surface area contributed by atoms with Gasteiger partial charge >= 0.3 is 12.0 Å². The second-order valence-electron chi connectivity index (χ2n) is 3.77. The van der Waals surface area contributed by atoms with Gasteiger partial charge in [-0.3, -0.25) is 0 Å². The number of nitrogen functional groups attached to an aromatic ring is 1. The Bertz CT molecular complexity index is 684. The highest BCUT2D eigenvalue weighted by Gasteiger charge is 2.11. The van der Waals surface area contributed by atoms with E-state index >= 15 is 0 Å². The van der Waals surface area contributed by atoms with Gasteiger partial charge in [0.05, 0.1) is 25.3 Å². The predicted molar refractivity (Wildman–Crippen MR) is 73.2 cm³/mol. The summed E-state index contributed by atoms with van der Waals surface area (Å²) in [6.07, 6.45) is 0. The Kier molecular flexibility index (Phi) is 4.36. The number of anilines is 1. The molecule has 0 spiro atoms. The second kappa shape index (κ2) is 6.38. The van der Waals surface area contributed by atoms with Crippen molar-refractivity contribution in [1.82, 2.24) is 15.0 Å². The van der Waals surface area contributed by atoms with Gasteiger partial charge in [-0.05, 0) is 19.1 Å². The number of nitrogens with zero attached hydrogens (tertiary/aromatic N) is 4. The van der Waals surface area contributed by atoms with Crippen molar-refractivity contribution >= 4 is 5.95 Å². The summed E-state index contributed by atoms with van der Waals surface area (Å²) in [5.74, 6) is 0.714. The molecule has 1 aromatic heterocycles. The van der Waals surface area contributed by atoms with Gasteiger partial charge in [0.25, 0.3) is 0 Å². The third kappa shape index (κ3) is 3.48. The Labute approximate surface area is 121 Å². The molecule has 0 aliphatic carbocycles. The monoisotopic (exact) mass is 287 g/mol. The first-order chi connectivity index (χ1) is 10.2. The standard InChI is InChI=1S/C13H13N5O3/c1-3-20-12-16-11(15)17-13(18-12)21-9-5-4-8(7-14)6-10(9)19-2/h4-6H,3H2,1-2H3,(H2,15,16,17,18). The van der Waals surface area contributed by atoms with E-state index in [1.807, 2.05) is 6.07 Å². The number of nitrogens with two attached hydrogens (primary N) is 1. The molecule has 1 heterocycles. The van der Waals surface area contributed by atoms with E-state index in [9.17, 15) is 0 Å². The Morgan fingerprint density at radius 2 is 1.95 bits per heavy atom. The van der Waals surface area contributed by atoms with Gasteiger partial charge in [-0.1, -0.05) is 0 Å². The largest absolute Gasteiger partial charge is 0.493 e. The third-order valence-electron chi connectivity index (χ3n) is 2.38. The van der Waals surface area contributed by atoms with Crippen LogP contribution in [0.15, 0.2) is 18.2 Å². The van der Waals surface area contributed by atoms with Crippen LogP contribution in [0.25, 0.3) is 0 Å². The molecular weight excluding hydrogens is 274 g/mol. The second-order valence-corrected chi connectivity index (χ2v) is 3.77. The molecule has 21 heavy (non-hydrogen) atoms. The Morgan fingerprint density at radius 3 is 2.62 bits per heavy atom. The molecule has 0 saturated carbocycles. The van der Waals surface area contributed by atoms with Crippen LogP contribution in [0.4, 0.5) is 5.95 Å². The van der Waals surface area contributed by atoms with E-state index in [0.717, 1.165) is 0 Å². The lowest BCUT2D eigenvalue weighted by molar-refractivity contribution is 0.302. The highest BCUT2D eigenvalue weighted by Crippen LogP contribution is 2.31. The Hall–Kier alpha value is -3.08. The zero-order chi connectivity index (χ0) is 15.2. The molecule has 108 valence electrons. The molecule has 0 fully saturated rings. The number of nitriles is 1. The molecule has 2 aromatic rings. The maximum atomic E-state index is 8.86. The molecule has 8 heteroatoms. The quantitative estimate of drug-likeness (QED) is 0.879. The highest BCUT2D eigenvalue weighted by molar-refractivity contribution is 5.47. The first-order valence-corrected chi connectivity index (χ1v) is 6.06. The number of rotatable bonds is 5. The maximum absolute atomic E-state index is 8.86. The number of aromatic nitrogens is 3. The first-order valence-electron chi connectivity index (χ1n) is 6.06. The molecule has 0 amide bonds. The molecule has 1 aromatic carbocycles. The van der Waals surface area contributed by atoms with Gasteiger partial charge in [0, 0.05) is 6.07 Å². The first kappa shape index (κ1) is 14.3. The van der Waals surface area contributed by atoms with E-state index in [-0.39, 0.29) is 18.0 Å². The molecular formula is C13H13N5O3. The van der Waals surface area contributed by atoms with Crippen LogP contribution in [0.3, 0.4) is 0 Å². The van der Waals surface area contributed by atoms with Crippen molar-refractivity contribution in [3.8, 4) is 29.6 Å². The van der Waals surface area contributed by atoms with Crippen LogP contribution < -0.4 is 19.9 Å². The van der Waals surface area contributed by atoms with Crippen molar-refractivity contribution in [2.45, 2.75) is 6.92 Å². The van der Waals surface area contributed by atoms with Gasteiger partial charge in [-0.25, -0.2) is 0 Å². The van der Waals surface area contributed by atoms with Crippen LogP contribution in [0.1, 0.15) is 12.5 Å². The van der Waals surface area contributed by atoms with Crippen LogP contribution in [-0.4, -0.2) is 28.7 Å². The SMILES string of the molecule is CCOc1nc(N)nc(Oc2ccc(C#N)cc2OC)n1. The lowest BCUT2D eigenvalue weighted by Crippen LogP contribution is -2.05. The number of hydrogen-bond acceptors (Lipinski definition) is 8. The van der Waals surface area contributed by atoms with E-state index in [0.29, 0.717) is 23.7 Å². The van der Waals surface area contributed by atoms with E-state index in [1.54, 1.807) is 25.1 Å². The number of methoxy groups -OCH3 is 1. The fourth-order valence-corrected chi connectivity index (χ4v) is 1.51. The lowest BCUT2D eigenvalue weighted by Gasteiger charge is -2.10. The molecule has 2 N–H and O–H groups in total. The van der Waals surface area contributed by atoms with Crippen LogP contribution in [0, 0.1) is 11.3 Å². The topological polar surface area (TPSA) is 116 Å². The average Bonchev–Trinajstić information content (AvgIpc) is 2.47. The van der Waals surface area contributed by atoms with E-state index in [1.165, 1.54) is 7.11 Å². The molecule has 0 radical (unpaired) electrons. The summed E-state index contributed by atoms with van der Waals surface area (Å²) in [5.41, 5.74) is 6.01. The minimum Gasteiger partial charge on any atom is -0.493 e. The molecule has 0 aliphatic rings. The number of ether oxygens (including phenoxy) is 3. The fourth-order valence-electron chi connectivity index (χ4n) is 1.51. The van der Waals surface area contributed by atoms with Crippen molar-refractivity contribution in [2.24, 2.45) is 0 Å². The molecule has 0 bridgehead atoms. The van der Waals surface area contributed by atoms with Gasteiger partial charge in [-0.15, -0.1) is 4.98 Å². The zero-order valence-electron chi connectivity index (χ0n) is 11.5. The normalized spacial score (nSPS) is 9.76. The van der Waals surface area contributed by atoms with Gasteiger partial charge in [0.1, 0.15) is 0 Å². The Morgan fingerprint density at radius 1 is 1.19 bits per heavy atom. The van der Waals surface area contributed by atoms with Crippen LogP contribution in [0.2, 0.25) is 0 Å². The van der Waals surface area contributed by atoms with Crippen molar-refractivity contribution in [1.29, 1.82) is 5.26 Å². The molecule has 8 nitrogen and oxygen atoms in total. The van der Waals surface area contributed by atoms with Gasteiger partial charge in [0.15, 0.2) is 11.5 Å². The fraction of sp³-hybridized carbons (Fsp3) is 0.231. The zero-order valence-corrected chi connectivity index (χ0v) is 11.5.